The van der Waals surface area contributed by atoms with E-state index in [0.29, 0.717) is 24.7 Å². The lowest BCUT2D eigenvalue weighted by Crippen LogP contribution is -2.46. The number of esters is 1. The first-order valence-corrected chi connectivity index (χ1v) is 7.97. The topological polar surface area (TPSA) is 103 Å². The fourth-order valence-corrected chi connectivity index (χ4v) is 1.96. The average Bonchev–Trinajstić information content (AvgIpc) is 2.60. The molecule has 0 heterocycles. The van der Waals surface area contributed by atoms with E-state index in [-0.39, 0.29) is 11.5 Å². The number of carbonyl (C=O) groups is 3. The van der Waals surface area contributed by atoms with Gasteiger partial charge in [-0.3, -0.25) is 9.59 Å². The van der Waals surface area contributed by atoms with Crippen molar-refractivity contribution < 1.29 is 28.6 Å². The smallest absolute Gasteiger partial charge is 0.338 e. The summed E-state index contributed by atoms with van der Waals surface area (Å²) in [6.45, 7) is 5.60. The van der Waals surface area contributed by atoms with Crippen LogP contribution in [-0.4, -0.2) is 50.7 Å². The molecule has 0 aliphatic heterocycles. The number of methoxy groups -OCH3 is 1. The molecular weight excluding hydrogens is 328 g/mol. The minimum Gasteiger partial charge on any atom is -0.493 e. The van der Waals surface area contributed by atoms with Crippen LogP contribution in [0.4, 0.5) is 0 Å². The number of likely N-dealkylation sites (N-methyl/N-ethyl adjacent to an activating group) is 1. The van der Waals surface area contributed by atoms with E-state index in [9.17, 15) is 14.4 Å². The summed E-state index contributed by atoms with van der Waals surface area (Å²) in [5.74, 6) is -0.647. The van der Waals surface area contributed by atoms with E-state index in [1.807, 2.05) is 6.92 Å². The highest BCUT2D eigenvalue weighted by atomic mass is 16.5. The lowest BCUT2D eigenvalue weighted by Gasteiger charge is -2.13. The molecule has 2 amide bonds. The summed E-state index contributed by atoms with van der Waals surface area (Å²) < 4.78 is 15.5. The molecule has 1 aromatic rings. The summed E-state index contributed by atoms with van der Waals surface area (Å²) in [5, 5.41) is 5.03. The number of carbonyl (C=O) groups excluding carboxylic acids is 3. The third-order valence-electron chi connectivity index (χ3n) is 3.16. The quantitative estimate of drug-likeness (QED) is 0.640. The maximum Gasteiger partial charge on any atom is 0.338 e. The van der Waals surface area contributed by atoms with Crippen LogP contribution in [0.15, 0.2) is 18.2 Å². The van der Waals surface area contributed by atoms with Gasteiger partial charge in [0.15, 0.2) is 18.1 Å². The summed E-state index contributed by atoms with van der Waals surface area (Å²) in [7, 11) is 1.46. The van der Waals surface area contributed by atoms with Gasteiger partial charge >= 0.3 is 5.97 Å². The van der Waals surface area contributed by atoms with Crippen molar-refractivity contribution in [3.05, 3.63) is 23.8 Å². The Morgan fingerprint density at radius 2 is 1.88 bits per heavy atom. The van der Waals surface area contributed by atoms with Crippen molar-refractivity contribution >= 4 is 17.8 Å². The van der Waals surface area contributed by atoms with Crippen molar-refractivity contribution in [2.45, 2.75) is 26.8 Å². The lowest BCUT2D eigenvalue weighted by atomic mass is 10.2. The summed E-state index contributed by atoms with van der Waals surface area (Å²) in [4.78, 5) is 35.3. The Bertz CT molecular complexity index is 617. The van der Waals surface area contributed by atoms with Gasteiger partial charge in [0.1, 0.15) is 6.04 Å². The molecule has 1 aromatic carbocycles. The monoisotopic (exact) mass is 352 g/mol. The number of amides is 2. The summed E-state index contributed by atoms with van der Waals surface area (Å²) >= 11 is 0. The van der Waals surface area contributed by atoms with Gasteiger partial charge in [-0.25, -0.2) is 4.79 Å². The second kappa shape index (κ2) is 10.2. The summed E-state index contributed by atoms with van der Waals surface area (Å²) in [6.07, 6.45) is 0. The molecule has 8 nitrogen and oxygen atoms in total. The van der Waals surface area contributed by atoms with Crippen LogP contribution >= 0.6 is 0 Å². The highest BCUT2D eigenvalue weighted by Gasteiger charge is 2.17. The fourth-order valence-electron chi connectivity index (χ4n) is 1.96. The predicted molar refractivity (Wildman–Crippen MR) is 90.7 cm³/mol. The summed E-state index contributed by atoms with van der Waals surface area (Å²) in [5.41, 5.74) is 0.227. The van der Waals surface area contributed by atoms with E-state index in [1.54, 1.807) is 19.9 Å². The SMILES string of the molecule is CCNC(=O)[C@@H](C)NC(=O)COC(=O)c1ccc(OCC)c(OC)c1. The zero-order valence-electron chi connectivity index (χ0n) is 14.9. The molecule has 0 spiro atoms. The van der Waals surface area contributed by atoms with Crippen LogP contribution in [0.1, 0.15) is 31.1 Å². The van der Waals surface area contributed by atoms with Crippen LogP contribution in [0.25, 0.3) is 0 Å². The van der Waals surface area contributed by atoms with Gasteiger partial charge < -0.3 is 24.8 Å². The van der Waals surface area contributed by atoms with Crippen molar-refractivity contribution in [1.82, 2.24) is 10.6 Å². The molecule has 0 aromatic heterocycles. The summed E-state index contributed by atoms with van der Waals surface area (Å²) in [6, 6.07) is 3.88. The molecule has 0 fully saturated rings. The van der Waals surface area contributed by atoms with Gasteiger partial charge in [-0.15, -0.1) is 0 Å². The third kappa shape index (κ3) is 6.33. The third-order valence-corrected chi connectivity index (χ3v) is 3.16. The largest absolute Gasteiger partial charge is 0.493 e. The molecule has 0 radical (unpaired) electrons. The molecule has 25 heavy (non-hydrogen) atoms. The van der Waals surface area contributed by atoms with Crippen LogP contribution in [-0.2, 0) is 14.3 Å². The van der Waals surface area contributed by atoms with Gasteiger partial charge in [-0.05, 0) is 39.0 Å². The van der Waals surface area contributed by atoms with Crippen molar-refractivity contribution in [2.24, 2.45) is 0 Å². The molecule has 0 saturated carbocycles. The van der Waals surface area contributed by atoms with Gasteiger partial charge in [0.2, 0.25) is 5.91 Å². The molecule has 138 valence electrons. The van der Waals surface area contributed by atoms with E-state index in [0.717, 1.165) is 0 Å². The van der Waals surface area contributed by atoms with Gasteiger partial charge in [0.25, 0.3) is 5.91 Å². The molecule has 0 unspecified atom stereocenters. The maximum atomic E-state index is 12.0. The molecule has 0 aliphatic rings. The van der Waals surface area contributed by atoms with Crippen molar-refractivity contribution in [1.29, 1.82) is 0 Å². The molecule has 8 heteroatoms. The Morgan fingerprint density at radius 3 is 2.48 bits per heavy atom. The highest BCUT2D eigenvalue weighted by Crippen LogP contribution is 2.28. The molecule has 1 atom stereocenters. The molecular formula is C17H24N2O6. The van der Waals surface area contributed by atoms with E-state index in [2.05, 4.69) is 10.6 Å². The Morgan fingerprint density at radius 1 is 1.16 bits per heavy atom. The molecule has 1 rings (SSSR count). The number of rotatable bonds is 9. The van der Waals surface area contributed by atoms with Crippen LogP contribution in [0.5, 0.6) is 11.5 Å². The Kier molecular flexibility index (Phi) is 8.25. The Hall–Kier alpha value is -2.77. The second-order valence-corrected chi connectivity index (χ2v) is 5.06. The molecule has 0 bridgehead atoms. The van der Waals surface area contributed by atoms with Crippen molar-refractivity contribution in [2.75, 3.05) is 26.9 Å². The van der Waals surface area contributed by atoms with E-state index in [1.165, 1.54) is 19.2 Å². The standard InChI is InChI=1S/C17H24N2O6/c1-5-18-16(21)11(3)19-15(20)10-25-17(22)12-7-8-13(24-6-2)14(9-12)23-4/h7-9,11H,5-6,10H2,1-4H3,(H,18,21)(H,19,20)/t11-/m1/s1. The van der Waals surface area contributed by atoms with Crippen LogP contribution in [0.3, 0.4) is 0 Å². The van der Waals surface area contributed by atoms with Crippen LogP contribution in [0, 0.1) is 0 Å². The minimum absolute atomic E-state index is 0.227. The van der Waals surface area contributed by atoms with Crippen molar-refractivity contribution in [3.8, 4) is 11.5 Å². The number of ether oxygens (including phenoxy) is 3. The van der Waals surface area contributed by atoms with Gasteiger partial charge in [-0.2, -0.15) is 0 Å². The lowest BCUT2D eigenvalue weighted by molar-refractivity contribution is -0.130. The molecule has 2 N–H and O–H groups in total. The van der Waals surface area contributed by atoms with E-state index < -0.39 is 24.5 Å². The minimum atomic E-state index is -0.711. The first kappa shape index (κ1) is 20.3. The average molecular weight is 352 g/mol. The fraction of sp³-hybridized carbons (Fsp3) is 0.471. The second-order valence-electron chi connectivity index (χ2n) is 5.06. The highest BCUT2D eigenvalue weighted by molar-refractivity contribution is 5.93. The van der Waals surface area contributed by atoms with Gasteiger partial charge in [0, 0.05) is 6.54 Å². The molecule has 0 aliphatic carbocycles. The first-order valence-electron chi connectivity index (χ1n) is 7.97. The molecule has 0 saturated heterocycles. The normalized spacial score (nSPS) is 11.2. The number of hydrogen-bond donors (Lipinski definition) is 2. The van der Waals surface area contributed by atoms with Gasteiger partial charge in [-0.1, -0.05) is 0 Å². The van der Waals surface area contributed by atoms with Gasteiger partial charge in [0.05, 0.1) is 19.3 Å². The number of benzene rings is 1. The van der Waals surface area contributed by atoms with Crippen LogP contribution < -0.4 is 20.1 Å². The predicted octanol–water partition coefficient (Wildman–Crippen LogP) is 0.892. The van der Waals surface area contributed by atoms with Crippen molar-refractivity contribution in [3.63, 3.8) is 0 Å². The van der Waals surface area contributed by atoms with E-state index >= 15 is 0 Å². The first-order chi connectivity index (χ1) is 11.9. The van der Waals surface area contributed by atoms with E-state index in [4.69, 9.17) is 14.2 Å². The zero-order chi connectivity index (χ0) is 18.8. The number of hydrogen-bond acceptors (Lipinski definition) is 6. The number of nitrogens with one attached hydrogen (secondary N) is 2. The maximum absolute atomic E-state index is 12.0. The Balaban J connectivity index is 2.59. The zero-order valence-corrected chi connectivity index (χ0v) is 14.9. The van der Waals surface area contributed by atoms with Crippen LogP contribution in [0.2, 0.25) is 0 Å². The Labute approximate surface area is 146 Å².